The molecule has 1 amide bonds. The lowest BCUT2D eigenvalue weighted by molar-refractivity contribution is 0.0950. The molecule has 0 fully saturated rings. The third kappa shape index (κ3) is 4.34. The van der Waals surface area contributed by atoms with Crippen LogP contribution in [0.3, 0.4) is 0 Å². The first-order chi connectivity index (χ1) is 17.2. The second-order valence-electron chi connectivity index (χ2n) is 8.32. The maximum atomic E-state index is 12.7. The summed E-state index contributed by atoms with van der Waals surface area (Å²) in [6, 6.07) is 25.9. The van der Waals surface area contributed by atoms with Crippen LogP contribution in [0.2, 0.25) is 0 Å². The summed E-state index contributed by atoms with van der Waals surface area (Å²) in [7, 11) is 0. The number of aromatic nitrogens is 2. The molecule has 0 saturated heterocycles. The van der Waals surface area contributed by atoms with Gasteiger partial charge in [-0.3, -0.25) is 9.78 Å². The van der Waals surface area contributed by atoms with Gasteiger partial charge in [0.1, 0.15) is 10.8 Å². The molecule has 35 heavy (non-hydrogen) atoms. The predicted octanol–water partition coefficient (Wildman–Crippen LogP) is 5.64. The molecule has 172 valence electrons. The largest absolute Gasteiger partial charge is 0.473 e. The average Bonchev–Trinajstić information content (AvgIpc) is 3.41. The number of hydrogen-bond donors (Lipinski definition) is 1. The highest BCUT2D eigenvalue weighted by Gasteiger charge is 2.20. The summed E-state index contributed by atoms with van der Waals surface area (Å²) in [6.45, 7) is 1.59. The van der Waals surface area contributed by atoms with Crippen molar-refractivity contribution < 1.29 is 9.53 Å². The lowest BCUT2D eigenvalue weighted by Gasteiger charge is -2.31. The molecule has 0 radical (unpaired) electrons. The van der Waals surface area contributed by atoms with Crippen LogP contribution in [0.15, 0.2) is 90.4 Å². The van der Waals surface area contributed by atoms with Crippen LogP contribution in [0.1, 0.15) is 21.6 Å². The highest BCUT2D eigenvalue weighted by Crippen LogP contribution is 2.34. The van der Waals surface area contributed by atoms with Gasteiger partial charge in [0.15, 0.2) is 6.73 Å². The topological polar surface area (TPSA) is 67.4 Å². The number of rotatable bonds is 5. The molecule has 0 atom stereocenters. The van der Waals surface area contributed by atoms with E-state index in [0.717, 1.165) is 34.4 Å². The number of hydrogen-bond acceptors (Lipinski definition) is 6. The van der Waals surface area contributed by atoms with Crippen LogP contribution in [-0.2, 0) is 13.1 Å². The number of nitrogens with zero attached hydrogens (tertiary/aromatic N) is 3. The lowest BCUT2D eigenvalue weighted by Crippen LogP contribution is -2.32. The number of benzene rings is 3. The molecule has 2 aromatic heterocycles. The zero-order chi connectivity index (χ0) is 23.6. The maximum Gasteiger partial charge on any atom is 0.251 e. The van der Waals surface area contributed by atoms with Crippen molar-refractivity contribution in [2.75, 3.05) is 11.6 Å². The first-order valence-corrected chi connectivity index (χ1v) is 12.2. The van der Waals surface area contributed by atoms with Crippen LogP contribution >= 0.6 is 11.3 Å². The number of thiazole rings is 1. The van der Waals surface area contributed by atoms with Crippen LogP contribution in [0, 0.1) is 0 Å². The van der Waals surface area contributed by atoms with Crippen molar-refractivity contribution in [3.63, 3.8) is 0 Å². The van der Waals surface area contributed by atoms with Crippen LogP contribution in [0.4, 0.5) is 5.69 Å². The minimum absolute atomic E-state index is 0.129. The first-order valence-electron chi connectivity index (χ1n) is 11.4. The van der Waals surface area contributed by atoms with Gasteiger partial charge < -0.3 is 15.0 Å². The summed E-state index contributed by atoms with van der Waals surface area (Å²) in [5.41, 5.74) is 4.46. The Morgan fingerprint density at radius 2 is 1.86 bits per heavy atom. The van der Waals surface area contributed by atoms with Gasteiger partial charge in [-0.05, 0) is 53.2 Å². The molecule has 1 N–H and O–H groups in total. The summed E-state index contributed by atoms with van der Waals surface area (Å²) in [6.07, 6.45) is 1.75. The van der Waals surface area contributed by atoms with Crippen LogP contribution in [0.25, 0.3) is 21.5 Å². The molecule has 0 spiro atoms. The predicted molar refractivity (Wildman–Crippen MR) is 139 cm³/mol. The van der Waals surface area contributed by atoms with E-state index < -0.39 is 0 Å². The Kier molecular flexibility index (Phi) is 5.60. The number of pyridine rings is 1. The highest BCUT2D eigenvalue weighted by molar-refractivity contribution is 7.13. The van der Waals surface area contributed by atoms with Crippen molar-refractivity contribution in [3.05, 3.63) is 107 Å². The third-order valence-electron chi connectivity index (χ3n) is 6.08. The summed E-state index contributed by atoms with van der Waals surface area (Å²) >= 11 is 1.52. The van der Waals surface area contributed by atoms with Gasteiger partial charge in [-0.25, -0.2) is 4.98 Å². The van der Waals surface area contributed by atoms with E-state index in [4.69, 9.17) is 4.74 Å². The maximum absolute atomic E-state index is 12.7. The Hall–Kier alpha value is -4.23. The van der Waals surface area contributed by atoms with Crippen molar-refractivity contribution >= 4 is 33.7 Å². The van der Waals surface area contributed by atoms with E-state index in [1.165, 1.54) is 27.7 Å². The minimum Gasteiger partial charge on any atom is -0.473 e. The van der Waals surface area contributed by atoms with Gasteiger partial charge in [0.05, 0.1) is 24.5 Å². The molecule has 5 aromatic rings. The first kappa shape index (κ1) is 21.3. The number of ether oxygens (including phenoxy) is 1. The fraction of sp³-hybridized carbons (Fsp3) is 0.107. The van der Waals surface area contributed by atoms with Crippen molar-refractivity contribution in [3.8, 4) is 16.5 Å². The Morgan fingerprint density at radius 1 is 1.00 bits per heavy atom. The van der Waals surface area contributed by atoms with Crippen molar-refractivity contribution in [2.24, 2.45) is 0 Å². The molecule has 3 aromatic carbocycles. The number of nitrogens with one attached hydrogen (secondary N) is 1. The van der Waals surface area contributed by atoms with E-state index in [2.05, 4.69) is 44.5 Å². The summed E-state index contributed by atoms with van der Waals surface area (Å²) in [4.78, 5) is 23.8. The molecule has 6 rings (SSSR count). The quantitative estimate of drug-likeness (QED) is 0.354. The van der Waals surface area contributed by atoms with E-state index in [0.29, 0.717) is 18.8 Å². The Labute approximate surface area is 206 Å². The zero-order valence-electron chi connectivity index (χ0n) is 18.8. The molecule has 0 bridgehead atoms. The Bertz CT molecular complexity index is 1500. The molecule has 3 heterocycles. The average molecular weight is 479 g/mol. The SMILES string of the molecule is O=C(NCc1csc(-c2ccccn2)n1)c1ccc(N2COc3ccc4ccccc4c3C2)cc1. The fourth-order valence-electron chi connectivity index (χ4n) is 4.26. The molecular weight excluding hydrogens is 456 g/mol. The highest BCUT2D eigenvalue weighted by atomic mass is 32.1. The lowest BCUT2D eigenvalue weighted by atomic mass is 10.0. The molecule has 6 nitrogen and oxygen atoms in total. The van der Waals surface area contributed by atoms with Gasteiger partial charge in [0.2, 0.25) is 0 Å². The number of carbonyl (C=O) groups excluding carboxylic acids is 1. The van der Waals surface area contributed by atoms with Gasteiger partial charge in [-0.15, -0.1) is 11.3 Å². The number of fused-ring (bicyclic) bond motifs is 3. The van der Waals surface area contributed by atoms with Gasteiger partial charge in [-0.1, -0.05) is 36.4 Å². The van der Waals surface area contributed by atoms with Gasteiger partial charge in [0.25, 0.3) is 5.91 Å². The smallest absolute Gasteiger partial charge is 0.251 e. The third-order valence-corrected chi connectivity index (χ3v) is 7.00. The van der Waals surface area contributed by atoms with Crippen molar-refractivity contribution in [1.82, 2.24) is 15.3 Å². The fourth-order valence-corrected chi connectivity index (χ4v) is 5.05. The van der Waals surface area contributed by atoms with E-state index in [9.17, 15) is 4.79 Å². The van der Waals surface area contributed by atoms with E-state index in [-0.39, 0.29) is 5.91 Å². The second-order valence-corrected chi connectivity index (χ2v) is 9.18. The van der Waals surface area contributed by atoms with Crippen LogP contribution in [0.5, 0.6) is 5.75 Å². The van der Waals surface area contributed by atoms with E-state index in [1.807, 2.05) is 60.0 Å². The van der Waals surface area contributed by atoms with Crippen molar-refractivity contribution in [2.45, 2.75) is 13.1 Å². The molecule has 0 aliphatic carbocycles. The molecule has 0 saturated carbocycles. The minimum atomic E-state index is -0.129. The van der Waals surface area contributed by atoms with Crippen LogP contribution < -0.4 is 15.0 Å². The number of amides is 1. The zero-order valence-corrected chi connectivity index (χ0v) is 19.7. The summed E-state index contributed by atoms with van der Waals surface area (Å²) in [5.74, 6) is 0.805. The normalized spacial score (nSPS) is 12.7. The molecule has 0 unspecified atom stereocenters. The number of anilines is 1. The Morgan fingerprint density at radius 3 is 2.71 bits per heavy atom. The van der Waals surface area contributed by atoms with Gasteiger partial charge >= 0.3 is 0 Å². The van der Waals surface area contributed by atoms with Crippen LogP contribution in [-0.4, -0.2) is 22.6 Å². The second kappa shape index (κ2) is 9.19. The number of carbonyl (C=O) groups is 1. The van der Waals surface area contributed by atoms with E-state index >= 15 is 0 Å². The summed E-state index contributed by atoms with van der Waals surface area (Å²) < 4.78 is 6.03. The summed E-state index contributed by atoms with van der Waals surface area (Å²) in [5, 5.41) is 8.17. The Balaban J connectivity index is 1.11. The van der Waals surface area contributed by atoms with Gasteiger partial charge in [0, 0.05) is 28.4 Å². The standard InChI is InChI=1S/C28H22N4O2S/c33-27(30-15-21-17-35-28(31-21)25-7-3-4-14-29-25)20-8-11-22(12-9-20)32-16-24-23-6-2-1-5-19(23)10-13-26(24)34-18-32/h1-14,17H,15-16,18H2,(H,30,33). The molecule has 1 aliphatic rings. The van der Waals surface area contributed by atoms with Gasteiger partial charge in [-0.2, -0.15) is 0 Å². The van der Waals surface area contributed by atoms with E-state index in [1.54, 1.807) is 6.20 Å². The molecular formula is C28H22N4O2S. The monoisotopic (exact) mass is 478 g/mol. The molecule has 1 aliphatic heterocycles. The molecule has 7 heteroatoms. The van der Waals surface area contributed by atoms with Crippen molar-refractivity contribution in [1.29, 1.82) is 0 Å².